The first-order valence-corrected chi connectivity index (χ1v) is 10.4. The molecule has 158 valence electrons. The molecule has 1 aliphatic heterocycles. The first kappa shape index (κ1) is 18.5. The number of anilines is 1. The summed E-state index contributed by atoms with van der Waals surface area (Å²) in [6.45, 7) is 0. The van der Waals surface area contributed by atoms with E-state index in [2.05, 4.69) is 9.88 Å². The van der Waals surface area contributed by atoms with Crippen molar-refractivity contribution in [3.8, 4) is 16.9 Å². The van der Waals surface area contributed by atoms with Gasteiger partial charge in [-0.2, -0.15) is 0 Å². The number of benzene rings is 2. The maximum absolute atomic E-state index is 13.5. The Labute approximate surface area is 182 Å². The van der Waals surface area contributed by atoms with Gasteiger partial charge in [-0.15, -0.1) is 0 Å². The quantitative estimate of drug-likeness (QED) is 0.468. The zero-order chi connectivity index (χ0) is 22.0. The van der Waals surface area contributed by atoms with Gasteiger partial charge in [-0.05, 0) is 29.8 Å². The largest absolute Gasteiger partial charge is 0.467 e. The average Bonchev–Trinajstić information content (AvgIpc) is 3.48. The highest BCUT2D eigenvalue weighted by Gasteiger charge is 2.35. The van der Waals surface area contributed by atoms with E-state index in [1.807, 2.05) is 66.7 Å². The van der Waals surface area contributed by atoms with Gasteiger partial charge in [0.25, 0.3) is 5.56 Å². The summed E-state index contributed by atoms with van der Waals surface area (Å²) in [5.41, 5.74) is 4.19. The van der Waals surface area contributed by atoms with E-state index in [0.717, 1.165) is 28.3 Å². The molecule has 1 unspecified atom stereocenters. The molecule has 0 bridgehead atoms. The van der Waals surface area contributed by atoms with E-state index in [1.54, 1.807) is 17.9 Å². The van der Waals surface area contributed by atoms with Gasteiger partial charge in [-0.1, -0.05) is 42.5 Å². The van der Waals surface area contributed by atoms with Crippen molar-refractivity contribution < 1.29 is 4.42 Å². The number of hydrogen-bond acceptors (Lipinski definition) is 4. The van der Waals surface area contributed by atoms with E-state index >= 15 is 0 Å². The van der Waals surface area contributed by atoms with Crippen molar-refractivity contribution in [3.05, 3.63) is 105 Å². The summed E-state index contributed by atoms with van der Waals surface area (Å²) in [6, 6.07) is 21.1. The van der Waals surface area contributed by atoms with Gasteiger partial charge in [0.2, 0.25) is 0 Å². The molecular weight excluding hydrogens is 404 g/mol. The summed E-state index contributed by atoms with van der Waals surface area (Å²) < 4.78 is 10.6. The maximum atomic E-state index is 13.5. The number of furan rings is 1. The second-order valence-electron chi connectivity index (χ2n) is 7.97. The summed E-state index contributed by atoms with van der Waals surface area (Å²) >= 11 is 0. The van der Waals surface area contributed by atoms with Gasteiger partial charge in [-0.25, -0.2) is 4.79 Å². The maximum Gasteiger partial charge on any atom is 0.331 e. The Morgan fingerprint density at radius 1 is 0.875 bits per heavy atom. The molecular formula is C25H20N4O3. The van der Waals surface area contributed by atoms with Crippen LogP contribution in [0.4, 0.5) is 5.69 Å². The predicted octanol–water partition coefficient (Wildman–Crippen LogP) is 3.80. The van der Waals surface area contributed by atoms with Crippen molar-refractivity contribution in [2.75, 3.05) is 5.32 Å². The lowest BCUT2D eigenvalue weighted by Crippen LogP contribution is -2.37. The topological polar surface area (TPSA) is 74.1 Å². The van der Waals surface area contributed by atoms with E-state index < -0.39 is 0 Å². The van der Waals surface area contributed by atoms with Gasteiger partial charge in [0, 0.05) is 14.1 Å². The molecule has 3 aromatic heterocycles. The van der Waals surface area contributed by atoms with Crippen molar-refractivity contribution in [2.45, 2.75) is 6.04 Å². The Kier molecular flexibility index (Phi) is 3.83. The van der Waals surface area contributed by atoms with Crippen molar-refractivity contribution in [1.82, 2.24) is 13.7 Å². The number of nitrogens with zero attached hydrogens (tertiary/aromatic N) is 3. The number of rotatable bonds is 2. The molecule has 1 atom stereocenters. The molecule has 0 saturated carbocycles. The molecule has 32 heavy (non-hydrogen) atoms. The van der Waals surface area contributed by atoms with Crippen LogP contribution in [0.5, 0.6) is 0 Å². The third-order valence-electron chi connectivity index (χ3n) is 6.20. The number of nitrogens with one attached hydrogen (secondary N) is 1. The Balaban J connectivity index is 1.90. The monoisotopic (exact) mass is 424 g/mol. The van der Waals surface area contributed by atoms with Gasteiger partial charge in [0.05, 0.1) is 39.9 Å². The van der Waals surface area contributed by atoms with E-state index in [0.29, 0.717) is 16.7 Å². The van der Waals surface area contributed by atoms with Crippen molar-refractivity contribution in [2.24, 2.45) is 14.1 Å². The fourth-order valence-electron chi connectivity index (χ4n) is 4.76. The molecule has 1 N–H and O–H groups in total. The van der Waals surface area contributed by atoms with Gasteiger partial charge < -0.3 is 14.3 Å². The third kappa shape index (κ3) is 2.36. The Bertz CT molecular complexity index is 1610. The molecule has 5 aromatic rings. The number of aryl methyl sites for hydroxylation is 1. The first-order chi connectivity index (χ1) is 15.6. The zero-order valence-electron chi connectivity index (χ0n) is 17.6. The zero-order valence-corrected chi connectivity index (χ0v) is 17.6. The van der Waals surface area contributed by atoms with Gasteiger partial charge in [-0.3, -0.25) is 13.9 Å². The smallest absolute Gasteiger partial charge is 0.331 e. The standard InChI is InChI=1S/C25H20N4O3/c1-27-22-19(24(30)28(2)25(27)31)21(15-9-4-3-5-10-15)29-17-12-7-6-11-16(17)26-20(23(22)29)18-13-8-14-32-18/h3-14,20,26H,1-2H3. The third-order valence-corrected chi connectivity index (χ3v) is 6.20. The second-order valence-corrected chi connectivity index (χ2v) is 7.97. The van der Waals surface area contributed by atoms with Crippen molar-refractivity contribution in [3.63, 3.8) is 0 Å². The van der Waals surface area contributed by atoms with Crippen LogP contribution in [0, 0.1) is 0 Å². The van der Waals surface area contributed by atoms with E-state index in [-0.39, 0.29) is 17.3 Å². The normalized spacial score (nSPS) is 14.8. The minimum Gasteiger partial charge on any atom is -0.467 e. The summed E-state index contributed by atoms with van der Waals surface area (Å²) in [7, 11) is 3.23. The fourth-order valence-corrected chi connectivity index (χ4v) is 4.76. The van der Waals surface area contributed by atoms with Crippen LogP contribution in [0.1, 0.15) is 17.5 Å². The molecule has 0 radical (unpaired) electrons. The lowest BCUT2D eigenvalue weighted by Gasteiger charge is -2.29. The first-order valence-electron chi connectivity index (χ1n) is 10.4. The lowest BCUT2D eigenvalue weighted by atomic mass is 10.1. The minimum absolute atomic E-state index is 0.320. The predicted molar refractivity (Wildman–Crippen MR) is 123 cm³/mol. The average molecular weight is 424 g/mol. The van der Waals surface area contributed by atoms with E-state index in [9.17, 15) is 9.59 Å². The Morgan fingerprint density at radius 3 is 2.38 bits per heavy atom. The molecule has 0 aliphatic carbocycles. The highest BCUT2D eigenvalue weighted by molar-refractivity contribution is 5.99. The number of aromatic nitrogens is 3. The molecule has 0 amide bonds. The van der Waals surface area contributed by atoms with Crippen LogP contribution >= 0.6 is 0 Å². The van der Waals surface area contributed by atoms with Crippen LogP contribution in [0.2, 0.25) is 0 Å². The summed E-state index contributed by atoms with van der Waals surface area (Å²) in [5.74, 6) is 0.702. The van der Waals surface area contributed by atoms with E-state index in [1.165, 1.54) is 11.6 Å². The molecule has 7 nitrogen and oxygen atoms in total. The molecule has 1 aliphatic rings. The van der Waals surface area contributed by atoms with Crippen LogP contribution < -0.4 is 16.6 Å². The highest BCUT2D eigenvalue weighted by Crippen LogP contribution is 2.45. The van der Waals surface area contributed by atoms with Crippen LogP contribution in [0.3, 0.4) is 0 Å². The molecule has 0 spiro atoms. The Hall–Kier alpha value is -4.26. The van der Waals surface area contributed by atoms with Crippen molar-refractivity contribution in [1.29, 1.82) is 0 Å². The van der Waals surface area contributed by atoms with Crippen molar-refractivity contribution >= 4 is 16.6 Å². The molecule has 0 fully saturated rings. The van der Waals surface area contributed by atoms with Crippen LogP contribution in [0.25, 0.3) is 27.8 Å². The van der Waals surface area contributed by atoms with Crippen LogP contribution in [-0.4, -0.2) is 13.7 Å². The highest BCUT2D eigenvalue weighted by atomic mass is 16.3. The van der Waals surface area contributed by atoms with Gasteiger partial charge >= 0.3 is 5.69 Å². The van der Waals surface area contributed by atoms with Crippen LogP contribution in [0.15, 0.2) is 87.0 Å². The van der Waals surface area contributed by atoms with E-state index in [4.69, 9.17) is 4.42 Å². The SMILES string of the molecule is Cn1c(=O)c2c(-c3ccccc3)n3c(c2n(C)c1=O)C(c1ccco1)Nc1ccccc1-3. The fraction of sp³-hybridized carbons (Fsp3) is 0.120. The summed E-state index contributed by atoms with van der Waals surface area (Å²) in [6.07, 6.45) is 1.63. The van der Waals surface area contributed by atoms with Gasteiger partial charge in [0.15, 0.2) is 0 Å². The second kappa shape index (κ2) is 6.62. The molecule has 4 heterocycles. The van der Waals surface area contributed by atoms with Gasteiger partial charge in [0.1, 0.15) is 11.8 Å². The van der Waals surface area contributed by atoms with Crippen LogP contribution in [-0.2, 0) is 14.1 Å². The summed E-state index contributed by atoms with van der Waals surface area (Å²) in [5, 5.41) is 4.06. The lowest BCUT2D eigenvalue weighted by molar-refractivity contribution is 0.492. The number of para-hydroxylation sites is 2. The summed E-state index contributed by atoms with van der Waals surface area (Å²) in [4.78, 5) is 26.5. The molecule has 7 heteroatoms. The molecule has 0 saturated heterocycles. The minimum atomic E-state index is -0.377. The Morgan fingerprint density at radius 2 is 1.62 bits per heavy atom. The number of hydrogen-bond donors (Lipinski definition) is 1. The molecule has 6 rings (SSSR count). The molecule has 2 aromatic carbocycles. The number of fused-ring (bicyclic) bond motifs is 5.